The number of hydrogen-bond donors (Lipinski definition) is 1. The third-order valence-corrected chi connectivity index (χ3v) is 3.78. The van der Waals surface area contributed by atoms with E-state index in [2.05, 4.69) is 26.1 Å². The molecule has 1 rings (SSSR count). The second kappa shape index (κ2) is 10.3. The number of hydrogen-bond acceptors (Lipinski definition) is 2. The maximum absolute atomic E-state index is 6.28. The Balaban J connectivity index is 2.57. The van der Waals surface area contributed by atoms with Crippen molar-refractivity contribution in [2.75, 3.05) is 6.61 Å². The van der Waals surface area contributed by atoms with Crippen molar-refractivity contribution in [3.05, 3.63) is 27.7 Å². The minimum absolute atomic E-state index is 0.407. The van der Waals surface area contributed by atoms with Crippen molar-refractivity contribution in [1.29, 1.82) is 0 Å². The highest BCUT2D eigenvalue weighted by Crippen LogP contribution is 2.32. The van der Waals surface area contributed by atoms with Crippen LogP contribution < -0.4 is 10.1 Å². The zero-order valence-electron chi connectivity index (χ0n) is 13.3. The summed E-state index contributed by atoms with van der Waals surface area (Å²) < 4.78 is 5.90. The normalized spacial score (nSPS) is 11.1. The lowest BCUT2D eigenvalue weighted by Gasteiger charge is -2.15. The minimum Gasteiger partial charge on any atom is -0.492 e. The third-order valence-electron chi connectivity index (χ3n) is 3.28. The van der Waals surface area contributed by atoms with Crippen LogP contribution in [0.3, 0.4) is 0 Å². The van der Waals surface area contributed by atoms with E-state index in [9.17, 15) is 0 Å². The SMILES string of the molecule is CCCCCCCOc1c(Cl)cc(Cl)cc1CNC(C)C. The molecule has 1 aromatic rings. The Kier molecular flexibility index (Phi) is 9.14. The smallest absolute Gasteiger partial charge is 0.142 e. The van der Waals surface area contributed by atoms with Crippen molar-refractivity contribution in [2.24, 2.45) is 0 Å². The fourth-order valence-electron chi connectivity index (χ4n) is 2.10. The van der Waals surface area contributed by atoms with Gasteiger partial charge in [0, 0.05) is 23.2 Å². The van der Waals surface area contributed by atoms with Crippen molar-refractivity contribution in [3.8, 4) is 5.75 Å². The highest BCUT2D eigenvalue weighted by Gasteiger charge is 2.11. The third kappa shape index (κ3) is 7.39. The first-order valence-electron chi connectivity index (χ1n) is 7.88. The summed E-state index contributed by atoms with van der Waals surface area (Å²) in [7, 11) is 0. The van der Waals surface area contributed by atoms with Gasteiger partial charge in [0.1, 0.15) is 5.75 Å². The number of rotatable bonds is 10. The lowest BCUT2D eigenvalue weighted by molar-refractivity contribution is 0.301. The van der Waals surface area contributed by atoms with E-state index in [4.69, 9.17) is 27.9 Å². The largest absolute Gasteiger partial charge is 0.492 e. The Labute approximate surface area is 139 Å². The van der Waals surface area contributed by atoms with Crippen molar-refractivity contribution < 1.29 is 4.74 Å². The summed E-state index contributed by atoms with van der Waals surface area (Å²) in [5.41, 5.74) is 1.02. The average molecular weight is 332 g/mol. The van der Waals surface area contributed by atoms with E-state index in [1.165, 1.54) is 25.7 Å². The van der Waals surface area contributed by atoms with Crippen molar-refractivity contribution in [2.45, 2.75) is 65.5 Å². The van der Waals surface area contributed by atoms with Crippen LogP contribution in [-0.4, -0.2) is 12.6 Å². The molecule has 0 heterocycles. The molecular weight excluding hydrogens is 305 g/mol. The van der Waals surface area contributed by atoms with Crippen LogP contribution in [0.4, 0.5) is 0 Å². The van der Waals surface area contributed by atoms with E-state index in [0.717, 1.165) is 17.7 Å². The quantitative estimate of drug-likeness (QED) is 0.543. The van der Waals surface area contributed by atoms with Crippen molar-refractivity contribution >= 4 is 23.2 Å². The van der Waals surface area contributed by atoms with Crippen LogP contribution in [-0.2, 0) is 6.54 Å². The fourth-order valence-corrected chi connectivity index (χ4v) is 2.69. The van der Waals surface area contributed by atoms with Crippen LogP contribution in [0.25, 0.3) is 0 Å². The molecule has 1 N–H and O–H groups in total. The van der Waals surface area contributed by atoms with Gasteiger partial charge in [-0.15, -0.1) is 0 Å². The molecule has 0 spiro atoms. The molecular formula is C17H27Cl2NO. The number of ether oxygens (including phenoxy) is 1. The molecule has 0 aromatic heterocycles. The van der Waals surface area contributed by atoms with Gasteiger partial charge < -0.3 is 10.1 Å². The number of halogens is 2. The van der Waals surface area contributed by atoms with Gasteiger partial charge in [-0.05, 0) is 18.6 Å². The molecule has 1 aromatic carbocycles. The van der Waals surface area contributed by atoms with E-state index >= 15 is 0 Å². The van der Waals surface area contributed by atoms with Gasteiger partial charge >= 0.3 is 0 Å². The highest BCUT2D eigenvalue weighted by molar-refractivity contribution is 6.35. The second-order valence-corrected chi connectivity index (χ2v) is 6.52. The molecule has 0 atom stereocenters. The first-order chi connectivity index (χ1) is 10.0. The molecule has 0 aliphatic heterocycles. The van der Waals surface area contributed by atoms with Crippen molar-refractivity contribution in [3.63, 3.8) is 0 Å². The van der Waals surface area contributed by atoms with Gasteiger partial charge in [0.25, 0.3) is 0 Å². The summed E-state index contributed by atoms with van der Waals surface area (Å²) in [4.78, 5) is 0. The van der Waals surface area contributed by atoms with Crippen LogP contribution in [0.1, 0.15) is 58.4 Å². The van der Waals surface area contributed by atoms with E-state index in [1.807, 2.05) is 6.07 Å². The standard InChI is InChI=1S/C17H27Cl2NO/c1-4-5-6-7-8-9-21-17-14(12-20-13(2)3)10-15(18)11-16(17)19/h10-11,13,20H,4-9,12H2,1-3H3. The van der Waals surface area contributed by atoms with Crippen LogP contribution in [0.15, 0.2) is 12.1 Å². The molecule has 21 heavy (non-hydrogen) atoms. The second-order valence-electron chi connectivity index (χ2n) is 5.67. The molecule has 0 aliphatic carbocycles. The van der Waals surface area contributed by atoms with Gasteiger partial charge in [-0.1, -0.05) is 69.7 Å². The van der Waals surface area contributed by atoms with Gasteiger partial charge in [0.2, 0.25) is 0 Å². The van der Waals surface area contributed by atoms with Gasteiger partial charge in [0.15, 0.2) is 0 Å². The molecule has 120 valence electrons. The maximum atomic E-state index is 6.28. The Bertz CT molecular complexity index is 421. The molecule has 0 radical (unpaired) electrons. The molecule has 0 saturated heterocycles. The lowest BCUT2D eigenvalue weighted by Crippen LogP contribution is -2.22. The fraction of sp³-hybridized carbons (Fsp3) is 0.647. The summed E-state index contributed by atoms with van der Waals surface area (Å²) in [6.45, 7) is 7.86. The average Bonchev–Trinajstić information content (AvgIpc) is 2.42. The molecule has 0 unspecified atom stereocenters. The van der Waals surface area contributed by atoms with Crippen LogP contribution in [0, 0.1) is 0 Å². The van der Waals surface area contributed by atoms with Crippen LogP contribution in [0.2, 0.25) is 10.0 Å². The molecule has 0 aliphatic rings. The Hall–Kier alpha value is -0.440. The molecule has 0 bridgehead atoms. The highest BCUT2D eigenvalue weighted by atomic mass is 35.5. The van der Waals surface area contributed by atoms with E-state index in [0.29, 0.717) is 29.2 Å². The maximum Gasteiger partial charge on any atom is 0.142 e. The van der Waals surface area contributed by atoms with Gasteiger partial charge in [-0.3, -0.25) is 0 Å². The van der Waals surface area contributed by atoms with Crippen molar-refractivity contribution in [1.82, 2.24) is 5.32 Å². The van der Waals surface area contributed by atoms with E-state index < -0.39 is 0 Å². The van der Waals surface area contributed by atoms with Gasteiger partial charge in [-0.25, -0.2) is 0 Å². The van der Waals surface area contributed by atoms with Crippen LogP contribution >= 0.6 is 23.2 Å². The van der Waals surface area contributed by atoms with Crippen LogP contribution in [0.5, 0.6) is 5.75 Å². The predicted molar refractivity (Wildman–Crippen MR) is 92.7 cm³/mol. The first kappa shape index (κ1) is 18.6. The number of benzene rings is 1. The predicted octanol–water partition coefficient (Wildman–Crippen LogP) is 5.84. The molecule has 4 heteroatoms. The summed E-state index contributed by atoms with van der Waals surface area (Å²) in [5, 5.41) is 4.62. The molecule has 2 nitrogen and oxygen atoms in total. The number of nitrogens with one attached hydrogen (secondary N) is 1. The molecule has 0 fully saturated rings. The minimum atomic E-state index is 0.407. The van der Waals surface area contributed by atoms with E-state index in [-0.39, 0.29) is 0 Å². The van der Waals surface area contributed by atoms with Gasteiger partial charge in [0.05, 0.1) is 11.6 Å². The summed E-state index contributed by atoms with van der Waals surface area (Å²) >= 11 is 12.4. The summed E-state index contributed by atoms with van der Waals surface area (Å²) in [6.07, 6.45) is 6.10. The Morgan fingerprint density at radius 3 is 2.48 bits per heavy atom. The number of unbranched alkanes of at least 4 members (excludes halogenated alkanes) is 4. The topological polar surface area (TPSA) is 21.3 Å². The molecule has 0 saturated carbocycles. The molecule has 0 amide bonds. The first-order valence-corrected chi connectivity index (χ1v) is 8.64. The van der Waals surface area contributed by atoms with E-state index in [1.54, 1.807) is 6.07 Å². The zero-order valence-corrected chi connectivity index (χ0v) is 14.9. The Morgan fingerprint density at radius 1 is 1.10 bits per heavy atom. The summed E-state index contributed by atoms with van der Waals surface area (Å²) in [5.74, 6) is 0.768. The zero-order chi connectivity index (χ0) is 15.7. The monoisotopic (exact) mass is 331 g/mol. The van der Waals surface area contributed by atoms with Gasteiger partial charge in [-0.2, -0.15) is 0 Å². The lowest BCUT2D eigenvalue weighted by atomic mass is 10.1. The Morgan fingerprint density at radius 2 is 1.81 bits per heavy atom. The summed E-state index contributed by atoms with van der Waals surface area (Å²) in [6, 6.07) is 4.08.